The molecule has 0 spiro atoms. The topological polar surface area (TPSA) is 54.5 Å². The molecule has 1 aromatic heterocycles. The van der Waals surface area contributed by atoms with Crippen LogP contribution in [0.5, 0.6) is 0 Å². The van der Waals surface area contributed by atoms with Gasteiger partial charge in [0.05, 0.1) is 18.8 Å². The summed E-state index contributed by atoms with van der Waals surface area (Å²) in [4.78, 5) is 19.0. The second kappa shape index (κ2) is 9.08. The minimum atomic E-state index is 0.248. The van der Waals surface area contributed by atoms with Gasteiger partial charge in [-0.05, 0) is 19.4 Å². The Labute approximate surface area is 153 Å². The quantitative estimate of drug-likeness (QED) is 0.700. The van der Waals surface area contributed by atoms with Gasteiger partial charge in [-0.2, -0.15) is 0 Å². The van der Waals surface area contributed by atoms with Crippen LogP contribution in [0.4, 0.5) is 0 Å². The highest BCUT2D eigenvalue weighted by Crippen LogP contribution is 2.27. The molecule has 1 aromatic carbocycles. The number of carbonyl (C=O) groups is 1. The Morgan fingerprint density at radius 3 is 2.96 bits per heavy atom. The summed E-state index contributed by atoms with van der Waals surface area (Å²) in [6, 6.07) is 10.5. The van der Waals surface area contributed by atoms with Gasteiger partial charge in [-0.15, -0.1) is 11.3 Å². The number of methoxy groups -OCH3 is 1. The van der Waals surface area contributed by atoms with Crippen molar-refractivity contribution in [3.8, 4) is 11.3 Å². The van der Waals surface area contributed by atoms with Crippen molar-refractivity contribution in [3.05, 3.63) is 40.7 Å². The van der Waals surface area contributed by atoms with E-state index in [1.54, 1.807) is 18.4 Å². The molecule has 1 aliphatic heterocycles. The molecule has 0 unspecified atom stereocenters. The molecule has 134 valence electrons. The molecule has 1 amide bonds. The van der Waals surface area contributed by atoms with Gasteiger partial charge in [0.25, 0.3) is 0 Å². The first-order valence-electron chi connectivity index (χ1n) is 8.77. The largest absolute Gasteiger partial charge is 0.383 e. The number of rotatable bonds is 9. The van der Waals surface area contributed by atoms with Crippen molar-refractivity contribution in [3.63, 3.8) is 0 Å². The van der Waals surface area contributed by atoms with Crippen LogP contribution in [-0.4, -0.2) is 48.6 Å². The number of aromatic nitrogens is 1. The Morgan fingerprint density at radius 2 is 2.16 bits per heavy atom. The minimum absolute atomic E-state index is 0.248. The monoisotopic (exact) mass is 359 g/mol. The maximum absolute atomic E-state index is 12.3. The molecule has 1 N–H and O–H groups in total. The molecule has 2 aromatic rings. The van der Waals surface area contributed by atoms with E-state index in [9.17, 15) is 4.79 Å². The molecule has 1 aliphatic rings. The third kappa shape index (κ3) is 4.87. The van der Waals surface area contributed by atoms with E-state index in [4.69, 9.17) is 9.72 Å². The predicted octanol–water partition coefficient (Wildman–Crippen LogP) is 2.93. The first kappa shape index (κ1) is 18.0. The van der Waals surface area contributed by atoms with Gasteiger partial charge in [0, 0.05) is 37.1 Å². The lowest BCUT2D eigenvalue weighted by atomic mass is 10.1. The van der Waals surface area contributed by atoms with Crippen LogP contribution in [0.25, 0.3) is 11.3 Å². The summed E-state index contributed by atoms with van der Waals surface area (Å²) < 4.78 is 5.04. The number of ether oxygens (including phenoxy) is 1. The molecule has 0 saturated carbocycles. The van der Waals surface area contributed by atoms with Crippen LogP contribution in [-0.2, 0) is 16.1 Å². The Kier molecular flexibility index (Phi) is 6.55. The molecule has 1 fully saturated rings. The van der Waals surface area contributed by atoms with E-state index in [0.29, 0.717) is 25.6 Å². The maximum Gasteiger partial charge on any atom is 0.223 e. The van der Waals surface area contributed by atoms with Crippen LogP contribution >= 0.6 is 11.3 Å². The first-order chi connectivity index (χ1) is 12.3. The average Bonchev–Trinajstić information content (AvgIpc) is 3.24. The first-order valence-corrected chi connectivity index (χ1v) is 9.65. The van der Waals surface area contributed by atoms with Gasteiger partial charge in [0.1, 0.15) is 5.01 Å². The number of hydrogen-bond donors (Lipinski definition) is 1. The predicted molar refractivity (Wildman–Crippen MR) is 100 cm³/mol. The van der Waals surface area contributed by atoms with Crippen LogP contribution in [0, 0.1) is 0 Å². The molecular formula is C19H25N3O2S. The SMILES string of the molecule is COCCNCC[C@@H]1CCC(=O)N1Cc1nc(-c2ccccc2)cs1. The van der Waals surface area contributed by atoms with Crippen molar-refractivity contribution in [2.45, 2.75) is 31.8 Å². The van der Waals surface area contributed by atoms with E-state index in [2.05, 4.69) is 22.8 Å². The molecule has 0 radical (unpaired) electrons. The summed E-state index contributed by atoms with van der Waals surface area (Å²) in [6.07, 6.45) is 2.58. The molecule has 25 heavy (non-hydrogen) atoms. The molecule has 3 rings (SSSR count). The molecule has 2 heterocycles. The molecule has 0 aliphatic carbocycles. The normalized spacial score (nSPS) is 17.4. The van der Waals surface area contributed by atoms with E-state index in [1.807, 2.05) is 23.1 Å². The highest BCUT2D eigenvalue weighted by atomic mass is 32.1. The Balaban J connectivity index is 1.56. The van der Waals surface area contributed by atoms with Crippen molar-refractivity contribution in [2.75, 3.05) is 26.8 Å². The van der Waals surface area contributed by atoms with Gasteiger partial charge in [0.15, 0.2) is 0 Å². The lowest BCUT2D eigenvalue weighted by molar-refractivity contribution is -0.129. The van der Waals surface area contributed by atoms with Crippen molar-refractivity contribution >= 4 is 17.2 Å². The van der Waals surface area contributed by atoms with Crippen molar-refractivity contribution < 1.29 is 9.53 Å². The smallest absolute Gasteiger partial charge is 0.223 e. The lowest BCUT2D eigenvalue weighted by Crippen LogP contribution is -2.35. The zero-order chi connectivity index (χ0) is 17.5. The Morgan fingerprint density at radius 1 is 1.32 bits per heavy atom. The number of hydrogen-bond acceptors (Lipinski definition) is 5. The summed E-state index contributed by atoms with van der Waals surface area (Å²) in [5.74, 6) is 0.248. The molecule has 1 saturated heterocycles. The van der Waals surface area contributed by atoms with Crippen LogP contribution in [0.1, 0.15) is 24.3 Å². The molecular weight excluding hydrogens is 334 g/mol. The van der Waals surface area contributed by atoms with E-state index >= 15 is 0 Å². The fourth-order valence-electron chi connectivity index (χ4n) is 3.15. The summed E-state index contributed by atoms with van der Waals surface area (Å²) >= 11 is 1.63. The van der Waals surface area contributed by atoms with Gasteiger partial charge < -0.3 is 15.0 Å². The minimum Gasteiger partial charge on any atom is -0.383 e. The highest BCUT2D eigenvalue weighted by molar-refractivity contribution is 7.09. The number of nitrogens with zero attached hydrogens (tertiary/aromatic N) is 2. The Bertz CT molecular complexity index is 674. The number of benzene rings is 1. The summed E-state index contributed by atoms with van der Waals surface area (Å²) in [6.45, 7) is 3.10. The van der Waals surface area contributed by atoms with Gasteiger partial charge in [0.2, 0.25) is 5.91 Å². The number of carbonyl (C=O) groups excluding carboxylic acids is 1. The van der Waals surface area contributed by atoms with Crippen molar-refractivity contribution in [2.24, 2.45) is 0 Å². The molecule has 0 bridgehead atoms. The van der Waals surface area contributed by atoms with E-state index < -0.39 is 0 Å². The number of thiazole rings is 1. The van der Waals surface area contributed by atoms with Crippen LogP contribution in [0.2, 0.25) is 0 Å². The van der Waals surface area contributed by atoms with Crippen molar-refractivity contribution in [1.82, 2.24) is 15.2 Å². The standard InChI is InChI=1S/C19H25N3O2S/c1-24-12-11-20-10-9-16-7-8-19(23)22(16)13-18-21-17(14-25-18)15-5-3-2-4-6-15/h2-6,14,16,20H,7-13H2,1H3/t16-/m0/s1. The van der Waals surface area contributed by atoms with Crippen molar-refractivity contribution in [1.29, 1.82) is 0 Å². The van der Waals surface area contributed by atoms with Crippen LogP contribution < -0.4 is 5.32 Å². The third-order valence-corrected chi connectivity index (χ3v) is 5.35. The van der Waals surface area contributed by atoms with Gasteiger partial charge >= 0.3 is 0 Å². The number of amides is 1. The van der Waals surface area contributed by atoms with E-state index in [-0.39, 0.29) is 5.91 Å². The summed E-state index contributed by atoms with van der Waals surface area (Å²) in [5, 5.41) is 6.44. The Hall–Kier alpha value is -1.76. The lowest BCUT2D eigenvalue weighted by Gasteiger charge is -2.24. The second-order valence-corrected chi connectivity index (χ2v) is 7.18. The van der Waals surface area contributed by atoms with Crippen LogP contribution in [0.15, 0.2) is 35.7 Å². The van der Waals surface area contributed by atoms with Gasteiger partial charge in [-0.1, -0.05) is 30.3 Å². The highest BCUT2D eigenvalue weighted by Gasteiger charge is 2.31. The molecule has 6 heteroatoms. The summed E-state index contributed by atoms with van der Waals surface area (Å²) in [7, 11) is 1.71. The fourth-order valence-corrected chi connectivity index (χ4v) is 3.95. The number of likely N-dealkylation sites (tertiary alicyclic amines) is 1. The van der Waals surface area contributed by atoms with Crippen LogP contribution in [0.3, 0.4) is 0 Å². The fraction of sp³-hybridized carbons (Fsp3) is 0.474. The summed E-state index contributed by atoms with van der Waals surface area (Å²) in [5.41, 5.74) is 2.11. The second-order valence-electron chi connectivity index (χ2n) is 6.24. The maximum atomic E-state index is 12.3. The van der Waals surface area contributed by atoms with E-state index in [1.165, 1.54) is 0 Å². The van der Waals surface area contributed by atoms with Gasteiger partial charge in [-0.25, -0.2) is 4.98 Å². The zero-order valence-electron chi connectivity index (χ0n) is 14.6. The van der Waals surface area contributed by atoms with E-state index in [0.717, 1.165) is 42.2 Å². The third-order valence-electron chi connectivity index (χ3n) is 4.52. The average molecular weight is 359 g/mol. The molecule has 5 nitrogen and oxygen atoms in total. The zero-order valence-corrected chi connectivity index (χ0v) is 15.4. The van der Waals surface area contributed by atoms with Gasteiger partial charge in [-0.3, -0.25) is 4.79 Å². The molecule has 1 atom stereocenters. The number of nitrogens with one attached hydrogen (secondary N) is 1.